The smallest absolute Gasteiger partial charge is 0.376 e. The van der Waals surface area contributed by atoms with Crippen molar-refractivity contribution in [2.45, 2.75) is 32.6 Å². The lowest BCUT2D eigenvalue weighted by Crippen LogP contribution is -2.18. The summed E-state index contributed by atoms with van der Waals surface area (Å²) in [5.74, 6) is 0.626. The standard InChI is InChI=1S/C10H17N3O2S/c1-5-15-10(14)9-12-11-8(3)13(9)6-7(2)16-4/h7H,5-6H2,1-4H3. The molecule has 0 aliphatic carbocycles. The molecule has 0 fully saturated rings. The number of thioether (sulfide) groups is 1. The van der Waals surface area contributed by atoms with Crippen LogP contribution in [0.2, 0.25) is 0 Å². The quantitative estimate of drug-likeness (QED) is 0.734. The largest absolute Gasteiger partial charge is 0.460 e. The number of aryl methyl sites for hydroxylation is 1. The van der Waals surface area contributed by atoms with E-state index in [1.54, 1.807) is 23.3 Å². The fourth-order valence-corrected chi connectivity index (χ4v) is 1.58. The van der Waals surface area contributed by atoms with Crippen LogP contribution in [0.1, 0.15) is 30.3 Å². The summed E-state index contributed by atoms with van der Waals surface area (Å²) in [6.07, 6.45) is 2.04. The fraction of sp³-hybridized carbons (Fsp3) is 0.700. The summed E-state index contributed by atoms with van der Waals surface area (Å²) in [7, 11) is 0. The molecule has 0 radical (unpaired) electrons. The zero-order chi connectivity index (χ0) is 12.1. The van der Waals surface area contributed by atoms with Gasteiger partial charge < -0.3 is 9.30 Å². The van der Waals surface area contributed by atoms with Crippen molar-refractivity contribution in [3.8, 4) is 0 Å². The lowest BCUT2D eigenvalue weighted by molar-refractivity contribution is 0.0505. The van der Waals surface area contributed by atoms with Crippen molar-refractivity contribution in [3.05, 3.63) is 11.6 Å². The van der Waals surface area contributed by atoms with Gasteiger partial charge in [-0.05, 0) is 20.1 Å². The molecule has 0 aliphatic heterocycles. The molecule has 1 atom stereocenters. The molecule has 0 N–H and O–H groups in total. The minimum Gasteiger partial charge on any atom is -0.460 e. The van der Waals surface area contributed by atoms with Crippen molar-refractivity contribution in [1.82, 2.24) is 14.8 Å². The lowest BCUT2D eigenvalue weighted by Gasteiger charge is -2.12. The second kappa shape index (κ2) is 5.89. The molecule has 0 aromatic carbocycles. The number of hydrogen-bond acceptors (Lipinski definition) is 5. The van der Waals surface area contributed by atoms with E-state index in [0.29, 0.717) is 24.2 Å². The van der Waals surface area contributed by atoms with Crippen LogP contribution in [-0.2, 0) is 11.3 Å². The van der Waals surface area contributed by atoms with Gasteiger partial charge in [0.1, 0.15) is 5.82 Å². The Morgan fingerprint density at radius 3 is 2.81 bits per heavy atom. The van der Waals surface area contributed by atoms with Gasteiger partial charge in [0.25, 0.3) is 0 Å². The van der Waals surface area contributed by atoms with E-state index >= 15 is 0 Å². The van der Waals surface area contributed by atoms with Crippen LogP contribution in [0.15, 0.2) is 0 Å². The van der Waals surface area contributed by atoms with Crippen LogP contribution < -0.4 is 0 Å². The molecule has 0 saturated carbocycles. The van der Waals surface area contributed by atoms with Crippen LogP contribution in [0.4, 0.5) is 0 Å². The van der Waals surface area contributed by atoms with Crippen LogP contribution in [0, 0.1) is 6.92 Å². The molecule has 1 unspecified atom stereocenters. The summed E-state index contributed by atoms with van der Waals surface area (Å²) in [5.41, 5.74) is 0. The molecule has 0 spiro atoms. The Kier molecular flexibility index (Phi) is 4.79. The highest BCUT2D eigenvalue weighted by Crippen LogP contribution is 2.11. The molecule has 5 nitrogen and oxygen atoms in total. The summed E-state index contributed by atoms with van der Waals surface area (Å²) in [6.45, 7) is 6.77. The van der Waals surface area contributed by atoms with Gasteiger partial charge in [-0.3, -0.25) is 0 Å². The van der Waals surface area contributed by atoms with E-state index < -0.39 is 5.97 Å². The van der Waals surface area contributed by atoms with Gasteiger partial charge in [-0.2, -0.15) is 11.8 Å². The van der Waals surface area contributed by atoms with Crippen molar-refractivity contribution >= 4 is 17.7 Å². The maximum absolute atomic E-state index is 11.6. The second-order valence-electron chi connectivity index (χ2n) is 3.45. The van der Waals surface area contributed by atoms with Crippen LogP contribution in [0.5, 0.6) is 0 Å². The average molecular weight is 243 g/mol. The number of rotatable bonds is 5. The van der Waals surface area contributed by atoms with E-state index in [2.05, 4.69) is 17.1 Å². The molecular formula is C10H17N3O2S. The number of aromatic nitrogens is 3. The molecule has 90 valence electrons. The third-order valence-electron chi connectivity index (χ3n) is 2.24. The summed E-state index contributed by atoms with van der Waals surface area (Å²) in [6, 6.07) is 0. The summed E-state index contributed by atoms with van der Waals surface area (Å²) < 4.78 is 6.73. The van der Waals surface area contributed by atoms with Gasteiger partial charge in [-0.25, -0.2) is 4.79 Å². The molecule has 0 aliphatic rings. The predicted octanol–water partition coefficient (Wildman–Crippen LogP) is 1.51. The first kappa shape index (κ1) is 13.0. The Hall–Kier alpha value is -1.04. The molecule has 1 aromatic heterocycles. The first-order chi connectivity index (χ1) is 7.60. The van der Waals surface area contributed by atoms with Gasteiger partial charge in [-0.1, -0.05) is 6.92 Å². The Balaban J connectivity index is 2.89. The van der Waals surface area contributed by atoms with E-state index in [1.165, 1.54) is 0 Å². The number of nitrogens with zero attached hydrogens (tertiary/aromatic N) is 3. The maximum atomic E-state index is 11.6. The third-order valence-corrected chi connectivity index (χ3v) is 3.19. The minimum atomic E-state index is -0.406. The monoisotopic (exact) mass is 243 g/mol. The molecule has 1 heterocycles. The molecule has 6 heteroatoms. The maximum Gasteiger partial charge on any atom is 0.376 e. The minimum absolute atomic E-state index is 0.292. The Bertz CT molecular complexity index is 365. The van der Waals surface area contributed by atoms with Crippen LogP contribution in [0.25, 0.3) is 0 Å². The van der Waals surface area contributed by atoms with E-state index in [4.69, 9.17) is 4.74 Å². The highest BCUT2D eigenvalue weighted by Gasteiger charge is 2.18. The molecule has 0 saturated heterocycles. The van der Waals surface area contributed by atoms with Gasteiger partial charge in [0.2, 0.25) is 5.82 Å². The number of carbonyl (C=O) groups excluding carboxylic acids is 1. The van der Waals surface area contributed by atoms with E-state index in [9.17, 15) is 4.79 Å². The first-order valence-electron chi connectivity index (χ1n) is 5.19. The number of ether oxygens (including phenoxy) is 1. The number of esters is 1. The Morgan fingerprint density at radius 2 is 2.25 bits per heavy atom. The first-order valence-corrected chi connectivity index (χ1v) is 6.48. The molecule has 0 amide bonds. The van der Waals surface area contributed by atoms with E-state index in [0.717, 1.165) is 5.82 Å². The van der Waals surface area contributed by atoms with Crippen LogP contribution >= 0.6 is 11.8 Å². The number of hydrogen-bond donors (Lipinski definition) is 0. The van der Waals surface area contributed by atoms with Crippen molar-refractivity contribution in [1.29, 1.82) is 0 Å². The highest BCUT2D eigenvalue weighted by molar-refractivity contribution is 7.99. The van der Waals surface area contributed by atoms with Gasteiger partial charge >= 0.3 is 5.97 Å². The second-order valence-corrected chi connectivity index (χ2v) is 4.72. The van der Waals surface area contributed by atoms with Gasteiger partial charge in [0, 0.05) is 11.8 Å². The molecule has 1 rings (SSSR count). The SMILES string of the molecule is CCOC(=O)c1nnc(C)n1CC(C)SC. The van der Waals surface area contributed by atoms with Gasteiger partial charge in [0.05, 0.1) is 6.61 Å². The van der Waals surface area contributed by atoms with Crippen LogP contribution in [-0.4, -0.2) is 38.8 Å². The Morgan fingerprint density at radius 1 is 1.56 bits per heavy atom. The molecule has 1 aromatic rings. The van der Waals surface area contributed by atoms with E-state index in [-0.39, 0.29) is 0 Å². The summed E-state index contributed by atoms with van der Waals surface area (Å²) in [4.78, 5) is 11.6. The summed E-state index contributed by atoms with van der Waals surface area (Å²) >= 11 is 1.74. The molecular weight excluding hydrogens is 226 g/mol. The third kappa shape index (κ3) is 2.98. The highest BCUT2D eigenvalue weighted by atomic mass is 32.2. The zero-order valence-corrected chi connectivity index (χ0v) is 10.9. The molecule has 16 heavy (non-hydrogen) atoms. The lowest BCUT2D eigenvalue weighted by atomic mass is 10.4. The van der Waals surface area contributed by atoms with Gasteiger partial charge in [-0.15, -0.1) is 10.2 Å². The summed E-state index contributed by atoms with van der Waals surface area (Å²) in [5, 5.41) is 8.17. The van der Waals surface area contributed by atoms with Crippen molar-refractivity contribution < 1.29 is 9.53 Å². The van der Waals surface area contributed by atoms with Crippen molar-refractivity contribution in [2.75, 3.05) is 12.9 Å². The van der Waals surface area contributed by atoms with Crippen molar-refractivity contribution in [2.24, 2.45) is 0 Å². The normalized spacial score (nSPS) is 12.5. The number of carbonyl (C=O) groups is 1. The zero-order valence-electron chi connectivity index (χ0n) is 10.1. The fourth-order valence-electron chi connectivity index (χ4n) is 1.28. The van der Waals surface area contributed by atoms with E-state index in [1.807, 2.05) is 13.2 Å². The van der Waals surface area contributed by atoms with Crippen LogP contribution in [0.3, 0.4) is 0 Å². The molecule has 0 bridgehead atoms. The average Bonchev–Trinajstić information content (AvgIpc) is 2.61. The van der Waals surface area contributed by atoms with Gasteiger partial charge in [0.15, 0.2) is 0 Å². The predicted molar refractivity (Wildman–Crippen MR) is 63.7 cm³/mol. The Labute approximate surface area is 99.6 Å². The van der Waals surface area contributed by atoms with Crippen molar-refractivity contribution in [3.63, 3.8) is 0 Å². The topological polar surface area (TPSA) is 57.0 Å².